The maximum absolute atomic E-state index is 12.7. The van der Waals surface area contributed by atoms with Gasteiger partial charge in [-0.15, -0.1) is 0 Å². The molecule has 1 aliphatic rings. The van der Waals surface area contributed by atoms with Crippen molar-refractivity contribution in [1.82, 2.24) is 9.47 Å². The molecule has 0 saturated carbocycles. The maximum atomic E-state index is 12.7. The number of para-hydroxylation sites is 1. The molecule has 2 heterocycles. The molecule has 1 aliphatic heterocycles. The second kappa shape index (κ2) is 7.95. The van der Waals surface area contributed by atoms with Crippen molar-refractivity contribution in [3.63, 3.8) is 0 Å². The number of morpholine rings is 1. The van der Waals surface area contributed by atoms with Gasteiger partial charge in [0.25, 0.3) is 0 Å². The van der Waals surface area contributed by atoms with Gasteiger partial charge >= 0.3 is 0 Å². The molecule has 0 unspecified atom stereocenters. The first-order valence-corrected chi connectivity index (χ1v) is 9.25. The van der Waals surface area contributed by atoms with Crippen molar-refractivity contribution >= 4 is 11.7 Å². The Hall–Kier alpha value is -2.62. The lowest BCUT2D eigenvalue weighted by Gasteiger charge is -2.34. The van der Waals surface area contributed by atoms with Crippen LogP contribution in [0.5, 0.6) is 0 Å². The largest absolute Gasteiger partial charge is 0.373 e. The van der Waals surface area contributed by atoms with E-state index in [0.717, 1.165) is 30.0 Å². The third-order valence-electron chi connectivity index (χ3n) is 4.96. The minimum Gasteiger partial charge on any atom is -0.373 e. The quantitative estimate of drug-likeness (QED) is 0.903. The van der Waals surface area contributed by atoms with E-state index in [1.165, 1.54) is 0 Å². The Kier molecular flexibility index (Phi) is 5.64. The molecule has 142 valence electrons. The standard InChI is InChI=1S/C21H26N4O2/c1-14-11-24(12-15(2)27-14)13-20(26)23-21-19(10-22)16(3)17(4)25(21)18-8-6-5-7-9-18/h5-9,14-15H,11-13H2,1-4H3,(H,23,26)/t14-,15-/m0/s1. The molecule has 3 rings (SSSR count). The summed E-state index contributed by atoms with van der Waals surface area (Å²) in [6.45, 7) is 9.63. The van der Waals surface area contributed by atoms with Crippen LogP contribution >= 0.6 is 0 Å². The molecule has 0 bridgehead atoms. The smallest absolute Gasteiger partial charge is 0.239 e. The molecule has 1 saturated heterocycles. The number of nitrogens with zero attached hydrogens (tertiary/aromatic N) is 3. The van der Waals surface area contributed by atoms with Gasteiger partial charge in [0, 0.05) is 24.5 Å². The van der Waals surface area contributed by atoms with E-state index in [0.29, 0.717) is 11.4 Å². The van der Waals surface area contributed by atoms with Crippen LogP contribution in [0.3, 0.4) is 0 Å². The molecule has 0 aliphatic carbocycles. The Morgan fingerprint density at radius 1 is 1.22 bits per heavy atom. The van der Waals surface area contributed by atoms with Crippen LogP contribution in [0.1, 0.15) is 30.7 Å². The Labute approximate surface area is 160 Å². The van der Waals surface area contributed by atoms with Gasteiger partial charge in [-0.25, -0.2) is 0 Å². The first-order chi connectivity index (χ1) is 12.9. The zero-order chi connectivity index (χ0) is 19.6. The monoisotopic (exact) mass is 366 g/mol. The van der Waals surface area contributed by atoms with Crippen LogP contribution in [-0.4, -0.2) is 47.2 Å². The van der Waals surface area contributed by atoms with Crippen molar-refractivity contribution in [3.05, 3.63) is 47.2 Å². The number of nitriles is 1. The first-order valence-electron chi connectivity index (χ1n) is 9.25. The number of hydrogen-bond acceptors (Lipinski definition) is 4. The lowest BCUT2D eigenvalue weighted by atomic mass is 10.2. The summed E-state index contributed by atoms with van der Waals surface area (Å²) in [4.78, 5) is 14.8. The average Bonchev–Trinajstić information content (AvgIpc) is 2.84. The number of aromatic nitrogens is 1. The van der Waals surface area contributed by atoms with E-state index in [2.05, 4.69) is 16.3 Å². The van der Waals surface area contributed by atoms with Gasteiger partial charge in [0.2, 0.25) is 5.91 Å². The predicted molar refractivity (Wildman–Crippen MR) is 105 cm³/mol. The van der Waals surface area contributed by atoms with Gasteiger partial charge in [0.05, 0.1) is 24.3 Å². The Morgan fingerprint density at radius 2 is 1.85 bits per heavy atom. The van der Waals surface area contributed by atoms with Gasteiger partial charge in [-0.05, 0) is 45.4 Å². The van der Waals surface area contributed by atoms with E-state index < -0.39 is 0 Å². The molecule has 6 heteroatoms. The number of carbonyl (C=O) groups is 1. The number of carbonyl (C=O) groups excluding carboxylic acids is 1. The summed E-state index contributed by atoms with van der Waals surface area (Å²) in [5, 5.41) is 12.6. The Bertz CT molecular complexity index is 857. The highest BCUT2D eigenvalue weighted by Crippen LogP contribution is 2.29. The third-order valence-corrected chi connectivity index (χ3v) is 4.96. The van der Waals surface area contributed by atoms with Gasteiger partial charge in [-0.3, -0.25) is 14.3 Å². The molecule has 0 spiro atoms. The number of anilines is 1. The Morgan fingerprint density at radius 3 is 2.44 bits per heavy atom. The van der Waals surface area contributed by atoms with Crippen molar-refractivity contribution < 1.29 is 9.53 Å². The van der Waals surface area contributed by atoms with Gasteiger partial charge in [-0.1, -0.05) is 18.2 Å². The van der Waals surface area contributed by atoms with Crippen LogP contribution in [0.2, 0.25) is 0 Å². The summed E-state index contributed by atoms with van der Waals surface area (Å²) in [7, 11) is 0. The van der Waals surface area contributed by atoms with Crippen molar-refractivity contribution in [2.75, 3.05) is 25.0 Å². The second-order valence-electron chi connectivity index (χ2n) is 7.22. The molecular weight excluding hydrogens is 340 g/mol. The molecule has 1 aromatic heterocycles. The normalized spacial score (nSPS) is 20.3. The fourth-order valence-corrected chi connectivity index (χ4v) is 3.75. The highest BCUT2D eigenvalue weighted by Gasteiger charge is 2.25. The maximum Gasteiger partial charge on any atom is 0.239 e. The lowest BCUT2D eigenvalue weighted by Crippen LogP contribution is -2.48. The summed E-state index contributed by atoms with van der Waals surface area (Å²) in [5.41, 5.74) is 3.25. The highest BCUT2D eigenvalue weighted by molar-refractivity contribution is 5.93. The van der Waals surface area contributed by atoms with E-state index in [-0.39, 0.29) is 24.7 Å². The molecule has 2 atom stereocenters. The van der Waals surface area contributed by atoms with E-state index in [9.17, 15) is 10.1 Å². The van der Waals surface area contributed by atoms with Crippen molar-refractivity contribution in [2.24, 2.45) is 0 Å². The first kappa shape index (κ1) is 19.2. The van der Waals surface area contributed by atoms with Crippen LogP contribution in [0.25, 0.3) is 5.69 Å². The summed E-state index contributed by atoms with van der Waals surface area (Å²) in [6, 6.07) is 12.0. The van der Waals surface area contributed by atoms with Crippen molar-refractivity contribution in [3.8, 4) is 11.8 Å². The fraction of sp³-hybridized carbons (Fsp3) is 0.429. The predicted octanol–water partition coefficient (Wildman–Crippen LogP) is 3.01. The summed E-state index contributed by atoms with van der Waals surface area (Å²) < 4.78 is 7.67. The summed E-state index contributed by atoms with van der Waals surface area (Å²) in [6.07, 6.45) is 0.211. The van der Waals surface area contributed by atoms with Crippen LogP contribution < -0.4 is 5.32 Å². The number of amides is 1. The van der Waals surface area contributed by atoms with Gasteiger partial charge < -0.3 is 10.1 Å². The molecule has 0 radical (unpaired) electrons. The van der Waals surface area contributed by atoms with Crippen LogP contribution in [-0.2, 0) is 9.53 Å². The Balaban J connectivity index is 1.87. The molecule has 1 N–H and O–H groups in total. The molecule has 27 heavy (non-hydrogen) atoms. The molecule has 2 aromatic rings. The molecule has 1 amide bonds. The van der Waals surface area contributed by atoms with Gasteiger partial charge in [-0.2, -0.15) is 5.26 Å². The minimum atomic E-state index is -0.123. The molecule has 1 fully saturated rings. The zero-order valence-electron chi connectivity index (χ0n) is 16.3. The molecular formula is C21H26N4O2. The van der Waals surface area contributed by atoms with E-state index in [1.54, 1.807) is 0 Å². The van der Waals surface area contributed by atoms with E-state index >= 15 is 0 Å². The number of ether oxygens (including phenoxy) is 1. The number of nitrogens with one attached hydrogen (secondary N) is 1. The highest BCUT2D eigenvalue weighted by atomic mass is 16.5. The van der Waals surface area contributed by atoms with Crippen molar-refractivity contribution in [1.29, 1.82) is 5.26 Å². The van der Waals surface area contributed by atoms with E-state index in [1.807, 2.05) is 62.6 Å². The zero-order valence-corrected chi connectivity index (χ0v) is 16.3. The summed E-state index contributed by atoms with van der Waals surface area (Å²) in [5.74, 6) is 0.417. The van der Waals surface area contributed by atoms with E-state index in [4.69, 9.17) is 4.74 Å². The molecule has 1 aromatic carbocycles. The van der Waals surface area contributed by atoms with Crippen LogP contribution in [0, 0.1) is 25.2 Å². The third kappa shape index (κ3) is 4.05. The summed E-state index contributed by atoms with van der Waals surface area (Å²) >= 11 is 0. The SMILES string of the molecule is Cc1c(C#N)c(NC(=O)CN2C[C@H](C)O[C@@H](C)C2)n(-c2ccccc2)c1C. The number of rotatable bonds is 4. The van der Waals surface area contributed by atoms with Crippen LogP contribution in [0.4, 0.5) is 5.82 Å². The molecule has 6 nitrogen and oxygen atoms in total. The van der Waals surface area contributed by atoms with Gasteiger partial charge in [0.15, 0.2) is 0 Å². The number of benzene rings is 1. The van der Waals surface area contributed by atoms with Crippen molar-refractivity contribution in [2.45, 2.75) is 39.9 Å². The topological polar surface area (TPSA) is 70.3 Å². The average molecular weight is 366 g/mol. The lowest BCUT2D eigenvalue weighted by molar-refractivity contribution is -0.121. The second-order valence-corrected chi connectivity index (χ2v) is 7.22. The number of hydrogen-bond donors (Lipinski definition) is 1. The fourth-order valence-electron chi connectivity index (χ4n) is 3.75. The van der Waals surface area contributed by atoms with Crippen LogP contribution in [0.15, 0.2) is 30.3 Å². The minimum absolute atomic E-state index is 0.105. The van der Waals surface area contributed by atoms with Gasteiger partial charge in [0.1, 0.15) is 11.9 Å².